The van der Waals surface area contributed by atoms with Crippen LogP contribution in [0.1, 0.15) is 30.4 Å². The molecular formula is C13H18O2. The van der Waals surface area contributed by atoms with Crippen molar-refractivity contribution in [1.29, 1.82) is 0 Å². The Bertz CT molecular complexity index is 326. The van der Waals surface area contributed by atoms with Gasteiger partial charge in [0, 0.05) is 0 Å². The van der Waals surface area contributed by atoms with E-state index in [1.54, 1.807) is 0 Å². The third kappa shape index (κ3) is 2.51. The molecule has 0 aromatic heterocycles. The largest absolute Gasteiger partial charge is 0.488 e. The van der Waals surface area contributed by atoms with E-state index in [0.29, 0.717) is 0 Å². The summed E-state index contributed by atoms with van der Waals surface area (Å²) in [7, 11) is 0. The first-order chi connectivity index (χ1) is 7.15. The van der Waals surface area contributed by atoms with Gasteiger partial charge in [-0.15, -0.1) is 0 Å². The number of benzene rings is 1. The van der Waals surface area contributed by atoms with Crippen LogP contribution in [0.3, 0.4) is 0 Å². The molecule has 1 aromatic rings. The van der Waals surface area contributed by atoms with Gasteiger partial charge in [-0.2, -0.15) is 0 Å². The summed E-state index contributed by atoms with van der Waals surface area (Å²) >= 11 is 0. The summed E-state index contributed by atoms with van der Waals surface area (Å²) in [5.74, 6) is 0.887. The highest BCUT2D eigenvalue weighted by molar-refractivity contribution is 5.33. The molecule has 0 radical (unpaired) electrons. The van der Waals surface area contributed by atoms with E-state index < -0.39 is 0 Å². The van der Waals surface area contributed by atoms with Crippen molar-refractivity contribution in [2.75, 3.05) is 0 Å². The smallest absolute Gasteiger partial charge is 0.124 e. The number of hydrogen-bond donors (Lipinski definition) is 1. The van der Waals surface area contributed by atoms with Gasteiger partial charge in [-0.3, -0.25) is 0 Å². The van der Waals surface area contributed by atoms with Gasteiger partial charge in [-0.05, 0) is 56.4 Å². The van der Waals surface area contributed by atoms with Gasteiger partial charge in [0.25, 0.3) is 0 Å². The SMILES string of the molecule is Cc1cc(C)cc(OC2CCCC2O)c1. The fraction of sp³-hybridized carbons (Fsp3) is 0.538. The number of aryl methyl sites for hydroxylation is 2. The fourth-order valence-corrected chi connectivity index (χ4v) is 2.22. The van der Waals surface area contributed by atoms with Crippen LogP contribution in [0.2, 0.25) is 0 Å². The molecule has 0 bridgehead atoms. The Kier molecular flexibility index (Phi) is 2.96. The number of ether oxygens (including phenoxy) is 1. The first kappa shape index (κ1) is 10.5. The Morgan fingerprint density at radius 3 is 2.33 bits per heavy atom. The van der Waals surface area contributed by atoms with Crippen LogP contribution in [0, 0.1) is 13.8 Å². The summed E-state index contributed by atoms with van der Waals surface area (Å²) in [4.78, 5) is 0. The van der Waals surface area contributed by atoms with Crippen LogP contribution in [0.5, 0.6) is 5.75 Å². The lowest BCUT2D eigenvalue weighted by Gasteiger charge is -2.17. The van der Waals surface area contributed by atoms with Crippen molar-refractivity contribution in [2.24, 2.45) is 0 Å². The molecular weight excluding hydrogens is 188 g/mol. The first-order valence-electron chi connectivity index (χ1n) is 5.58. The molecule has 0 heterocycles. The molecule has 2 rings (SSSR count). The molecule has 15 heavy (non-hydrogen) atoms. The molecule has 1 N–H and O–H groups in total. The average molecular weight is 206 g/mol. The van der Waals surface area contributed by atoms with Gasteiger partial charge in [-0.1, -0.05) is 6.07 Å². The summed E-state index contributed by atoms with van der Waals surface area (Å²) in [5, 5.41) is 9.66. The topological polar surface area (TPSA) is 29.5 Å². The molecule has 0 aliphatic heterocycles. The Hall–Kier alpha value is -1.02. The van der Waals surface area contributed by atoms with E-state index in [-0.39, 0.29) is 12.2 Å². The zero-order valence-corrected chi connectivity index (χ0v) is 9.36. The lowest BCUT2D eigenvalue weighted by molar-refractivity contribution is 0.0603. The highest BCUT2D eigenvalue weighted by Crippen LogP contribution is 2.25. The summed E-state index contributed by atoms with van der Waals surface area (Å²) in [5.41, 5.74) is 2.41. The average Bonchev–Trinajstić information content (AvgIpc) is 2.50. The van der Waals surface area contributed by atoms with Crippen LogP contribution in [0.4, 0.5) is 0 Å². The maximum absolute atomic E-state index is 9.66. The lowest BCUT2D eigenvalue weighted by atomic mass is 10.1. The van der Waals surface area contributed by atoms with Crippen molar-refractivity contribution in [1.82, 2.24) is 0 Å². The number of aliphatic hydroxyl groups is 1. The molecule has 1 aliphatic carbocycles. The highest BCUT2D eigenvalue weighted by atomic mass is 16.5. The van der Waals surface area contributed by atoms with Gasteiger partial charge < -0.3 is 9.84 Å². The molecule has 2 nitrogen and oxygen atoms in total. The quantitative estimate of drug-likeness (QED) is 0.806. The van der Waals surface area contributed by atoms with E-state index in [1.165, 1.54) is 11.1 Å². The number of hydrogen-bond acceptors (Lipinski definition) is 2. The zero-order chi connectivity index (χ0) is 10.8. The van der Waals surface area contributed by atoms with Crippen molar-refractivity contribution in [2.45, 2.75) is 45.3 Å². The van der Waals surface area contributed by atoms with Gasteiger partial charge in [-0.25, -0.2) is 0 Å². The van der Waals surface area contributed by atoms with E-state index in [0.717, 1.165) is 25.0 Å². The van der Waals surface area contributed by atoms with Crippen molar-refractivity contribution < 1.29 is 9.84 Å². The molecule has 1 fully saturated rings. The maximum Gasteiger partial charge on any atom is 0.124 e. The monoisotopic (exact) mass is 206 g/mol. The number of aliphatic hydroxyl groups excluding tert-OH is 1. The van der Waals surface area contributed by atoms with Crippen LogP contribution in [0.25, 0.3) is 0 Å². The molecule has 2 heteroatoms. The van der Waals surface area contributed by atoms with Crippen LogP contribution in [-0.2, 0) is 0 Å². The van der Waals surface area contributed by atoms with Crippen molar-refractivity contribution in [3.63, 3.8) is 0 Å². The van der Waals surface area contributed by atoms with Crippen LogP contribution in [0.15, 0.2) is 18.2 Å². The van der Waals surface area contributed by atoms with Gasteiger partial charge >= 0.3 is 0 Å². The molecule has 1 saturated carbocycles. The second kappa shape index (κ2) is 4.23. The lowest BCUT2D eigenvalue weighted by Crippen LogP contribution is -2.25. The third-order valence-corrected chi connectivity index (χ3v) is 2.90. The van der Waals surface area contributed by atoms with Gasteiger partial charge in [0.2, 0.25) is 0 Å². The van der Waals surface area contributed by atoms with Gasteiger partial charge in [0.15, 0.2) is 0 Å². The molecule has 1 aromatic carbocycles. The second-order valence-electron chi connectivity index (χ2n) is 4.48. The standard InChI is InChI=1S/C13H18O2/c1-9-6-10(2)8-11(7-9)15-13-5-3-4-12(13)14/h6-8,12-14H,3-5H2,1-2H3. The second-order valence-corrected chi connectivity index (χ2v) is 4.48. The summed E-state index contributed by atoms with van der Waals surface area (Å²) in [6, 6.07) is 6.17. The Morgan fingerprint density at radius 1 is 1.13 bits per heavy atom. The van der Waals surface area contributed by atoms with Gasteiger partial charge in [0.05, 0.1) is 6.10 Å². The Labute approximate surface area is 90.9 Å². The molecule has 1 aliphatic rings. The maximum atomic E-state index is 9.66. The minimum atomic E-state index is -0.286. The molecule has 0 saturated heterocycles. The van der Waals surface area contributed by atoms with Crippen molar-refractivity contribution in [3.05, 3.63) is 29.3 Å². The van der Waals surface area contributed by atoms with E-state index >= 15 is 0 Å². The molecule has 0 amide bonds. The normalized spacial score (nSPS) is 25.5. The van der Waals surface area contributed by atoms with E-state index in [9.17, 15) is 5.11 Å². The van der Waals surface area contributed by atoms with E-state index in [2.05, 4.69) is 19.9 Å². The summed E-state index contributed by atoms with van der Waals surface area (Å²) in [6.07, 6.45) is 2.61. The molecule has 0 spiro atoms. The molecule has 2 unspecified atom stereocenters. The predicted octanol–water partition coefficient (Wildman–Crippen LogP) is 2.60. The fourth-order valence-electron chi connectivity index (χ4n) is 2.22. The minimum absolute atomic E-state index is 0.00815. The zero-order valence-electron chi connectivity index (χ0n) is 9.36. The van der Waals surface area contributed by atoms with Crippen molar-refractivity contribution >= 4 is 0 Å². The predicted molar refractivity (Wildman–Crippen MR) is 60.2 cm³/mol. The molecule has 82 valence electrons. The van der Waals surface area contributed by atoms with E-state index in [4.69, 9.17) is 4.74 Å². The summed E-state index contributed by atoms with van der Waals surface area (Å²) < 4.78 is 5.80. The first-order valence-corrected chi connectivity index (χ1v) is 5.58. The van der Waals surface area contributed by atoms with Gasteiger partial charge in [0.1, 0.15) is 11.9 Å². The Balaban J connectivity index is 2.10. The third-order valence-electron chi connectivity index (χ3n) is 2.90. The minimum Gasteiger partial charge on any atom is -0.488 e. The van der Waals surface area contributed by atoms with Crippen LogP contribution >= 0.6 is 0 Å². The van der Waals surface area contributed by atoms with E-state index in [1.807, 2.05) is 12.1 Å². The van der Waals surface area contributed by atoms with Crippen molar-refractivity contribution in [3.8, 4) is 5.75 Å². The van der Waals surface area contributed by atoms with Crippen LogP contribution < -0.4 is 4.74 Å². The number of rotatable bonds is 2. The highest BCUT2D eigenvalue weighted by Gasteiger charge is 2.26. The van der Waals surface area contributed by atoms with Crippen LogP contribution in [-0.4, -0.2) is 17.3 Å². The summed E-state index contributed by atoms with van der Waals surface area (Å²) in [6.45, 7) is 4.12. The Morgan fingerprint density at radius 2 is 1.80 bits per heavy atom. The molecule has 2 atom stereocenters.